The summed E-state index contributed by atoms with van der Waals surface area (Å²) in [6.07, 6.45) is 0. The average Bonchev–Trinajstić information content (AvgIpc) is 2.63. The second-order valence-corrected chi connectivity index (χ2v) is 6.15. The molecule has 18 heavy (non-hydrogen) atoms. The third kappa shape index (κ3) is 2.72. The van der Waals surface area contributed by atoms with Gasteiger partial charge >= 0.3 is 0 Å². The fourth-order valence-electron chi connectivity index (χ4n) is 2.14. The molecule has 0 aliphatic heterocycles. The van der Waals surface area contributed by atoms with Gasteiger partial charge in [-0.25, -0.2) is 4.39 Å². The van der Waals surface area contributed by atoms with Crippen molar-refractivity contribution >= 4 is 17.0 Å². The summed E-state index contributed by atoms with van der Waals surface area (Å²) < 4.78 is 13.2. The smallest absolute Gasteiger partial charge is 0.125 e. The van der Waals surface area contributed by atoms with Crippen LogP contribution in [-0.4, -0.2) is 0 Å². The van der Waals surface area contributed by atoms with Crippen LogP contribution >= 0.6 is 11.3 Å². The third-order valence-electron chi connectivity index (χ3n) is 3.12. The van der Waals surface area contributed by atoms with Crippen LogP contribution < -0.4 is 5.32 Å². The number of aryl methyl sites for hydroxylation is 3. The Morgan fingerprint density at radius 2 is 1.89 bits per heavy atom. The van der Waals surface area contributed by atoms with Gasteiger partial charge in [0.05, 0.1) is 0 Å². The van der Waals surface area contributed by atoms with E-state index < -0.39 is 0 Å². The number of benzene rings is 1. The largest absolute Gasteiger partial charge is 0.378 e. The molecule has 3 heteroatoms. The normalized spacial score (nSPS) is 12.5. The number of hydrogen-bond donors (Lipinski definition) is 1. The van der Waals surface area contributed by atoms with Crippen LogP contribution in [-0.2, 0) is 0 Å². The zero-order chi connectivity index (χ0) is 13.3. The van der Waals surface area contributed by atoms with E-state index in [0.29, 0.717) is 0 Å². The lowest BCUT2D eigenvalue weighted by Gasteiger charge is -2.17. The number of hydrogen-bond acceptors (Lipinski definition) is 2. The van der Waals surface area contributed by atoms with Gasteiger partial charge in [-0.15, -0.1) is 11.3 Å². The molecular weight excluding hydrogens is 245 g/mol. The van der Waals surface area contributed by atoms with Crippen LogP contribution in [0.15, 0.2) is 24.3 Å². The van der Waals surface area contributed by atoms with Crippen molar-refractivity contribution < 1.29 is 4.39 Å². The number of anilines is 1. The van der Waals surface area contributed by atoms with Gasteiger partial charge in [-0.3, -0.25) is 0 Å². The maximum atomic E-state index is 13.2. The Kier molecular flexibility index (Phi) is 3.71. The molecule has 0 saturated carbocycles. The highest BCUT2D eigenvalue weighted by molar-refractivity contribution is 7.12. The van der Waals surface area contributed by atoms with Crippen molar-refractivity contribution in [3.05, 3.63) is 51.0 Å². The van der Waals surface area contributed by atoms with Gasteiger partial charge in [0.1, 0.15) is 5.82 Å². The first-order chi connectivity index (χ1) is 8.47. The van der Waals surface area contributed by atoms with Crippen molar-refractivity contribution in [1.82, 2.24) is 0 Å². The highest BCUT2D eigenvalue weighted by Crippen LogP contribution is 2.29. The summed E-state index contributed by atoms with van der Waals surface area (Å²) in [5.41, 5.74) is 3.22. The van der Waals surface area contributed by atoms with Crippen LogP contribution in [0.4, 0.5) is 10.1 Å². The van der Waals surface area contributed by atoms with Crippen LogP contribution in [0.1, 0.15) is 33.8 Å². The molecule has 0 fully saturated rings. The maximum Gasteiger partial charge on any atom is 0.125 e. The molecule has 1 nitrogen and oxygen atoms in total. The van der Waals surface area contributed by atoms with E-state index in [1.807, 2.05) is 6.92 Å². The minimum Gasteiger partial charge on any atom is -0.378 e. The minimum absolute atomic E-state index is 0.190. The molecule has 1 heterocycles. The molecule has 0 aliphatic rings. The predicted octanol–water partition coefficient (Wildman–Crippen LogP) is 4.99. The lowest BCUT2D eigenvalue weighted by atomic mass is 10.1. The third-order valence-corrected chi connectivity index (χ3v) is 4.10. The fourth-order valence-corrected chi connectivity index (χ4v) is 3.16. The molecule has 2 aromatic rings. The standard InChI is InChI=1S/C15H18FNS/c1-9-5-6-13(16)8-15(9)17-11(3)14-7-10(2)18-12(14)4/h5-8,11,17H,1-4H3. The van der Waals surface area contributed by atoms with E-state index in [-0.39, 0.29) is 11.9 Å². The molecule has 1 unspecified atom stereocenters. The van der Waals surface area contributed by atoms with Crippen LogP contribution in [0, 0.1) is 26.6 Å². The van der Waals surface area contributed by atoms with Crippen molar-refractivity contribution in [2.75, 3.05) is 5.32 Å². The molecule has 0 bridgehead atoms. The monoisotopic (exact) mass is 263 g/mol. The molecular formula is C15H18FNS. The van der Waals surface area contributed by atoms with Crippen LogP contribution in [0.5, 0.6) is 0 Å². The topological polar surface area (TPSA) is 12.0 Å². The van der Waals surface area contributed by atoms with E-state index in [0.717, 1.165) is 11.3 Å². The van der Waals surface area contributed by atoms with Crippen LogP contribution in [0.2, 0.25) is 0 Å². The minimum atomic E-state index is -0.200. The quantitative estimate of drug-likeness (QED) is 0.823. The van der Waals surface area contributed by atoms with Gasteiger partial charge in [-0.1, -0.05) is 6.07 Å². The molecule has 0 radical (unpaired) electrons. The Bertz CT molecular complexity index is 560. The fraction of sp³-hybridized carbons (Fsp3) is 0.333. The zero-order valence-electron chi connectivity index (χ0n) is 11.2. The highest BCUT2D eigenvalue weighted by atomic mass is 32.1. The molecule has 1 aromatic heterocycles. The summed E-state index contributed by atoms with van der Waals surface area (Å²) in [4.78, 5) is 2.63. The first kappa shape index (κ1) is 13.1. The molecule has 2 rings (SSSR count). The van der Waals surface area contributed by atoms with Gasteiger partial charge in [-0.05, 0) is 57.0 Å². The molecule has 1 atom stereocenters. The van der Waals surface area contributed by atoms with Gasteiger partial charge in [-0.2, -0.15) is 0 Å². The highest BCUT2D eigenvalue weighted by Gasteiger charge is 2.12. The summed E-state index contributed by atoms with van der Waals surface area (Å²) in [5.74, 6) is -0.200. The summed E-state index contributed by atoms with van der Waals surface area (Å²) in [5, 5.41) is 3.39. The van der Waals surface area contributed by atoms with Crippen LogP contribution in [0.3, 0.4) is 0 Å². The van der Waals surface area contributed by atoms with Crippen molar-refractivity contribution in [2.24, 2.45) is 0 Å². The van der Waals surface area contributed by atoms with E-state index >= 15 is 0 Å². The van der Waals surface area contributed by atoms with E-state index in [1.165, 1.54) is 21.4 Å². The second kappa shape index (κ2) is 5.11. The molecule has 1 N–H and O–H groups in total. The summed E-state index contributed by atoms with van der Waals surface area (Å²) in [6, 6.07) is 7.24. The molecule has 0 saturated heterocycles. The Morgan fingerprint density at radius 3 is 2.50 bits per heavy atom. The second-order valence-electron chi connectivity index (χ2n) is 4.69. The van der Waals surface area contributed by atoms with Gasteiger partial charge in [0.15, 0.2) is 0 Å². The van der Waals surface area contributed by atoms with Gasteiger partial charge in [0.25, 0.3) is 0 Å². The molecule has 1 aromatic carbocycles. The Hall–Kier alpha value is -1.35. The molecule has 0 aliphatic carbocycles. The first-order valence-electron chi connectivity index (χ1n) is 6.07. The summed E-state index contributed by atoms with van der Waals surface area (Å²) in [6.45, 7) is 8.34. The van der Waals surface area contributed by atoms with Crippen molar-refractivity contribution in [3.63, 3.8) is 0 Å². The Morgan fingerprint density at radius 1 is 1.17 bits per heavy atom. The lowest BCUT2D eigenvalue weighted by molar-refractivity contribution is 0.627. The summed E-state index contributed by atoms with van der Waals surface area (Å²) in [7, 11) is 0. The number of halogens is 1. The van der Waals surface area contributed by atoms with Gasteiger partial charge in [0.2, 0.25) is 0 Å². The van der Waals surface area contributed by atoms with Crippen molar-refractivity contribution in [2.45, 2.75) is 33.7 Å². The first-order valence-corrected chi connectivity index (χ1v) is 6.88. The number of nitrogens with one attached hydrogen (secondary N) is 1. The predicted molar refractivity (Wildman–Crippen MR) is 77.0 cm³/mol. The van der Waals surface area contributed by atoms with Gasteiger partial charge < -0.3 is 5.32 Å². The summed E-state index contributed by atoms with van der Waals surface area (Å²) >= 11 is 1.80. The Labute approximate surface area is 112 Å². The van der Waals surface area contributed by atoms with Crippen molar-refractivity contribution in [1.29, 1.82) is 0 Å². The Balaban J connectivity index is 2.23. The molecule has 96 valence electrons. The molecule has 0 spiro atoms. The zero-order valence-corrected chi connectivity index (χ0v) is 12.0. The van der Waals surface area contributed by atoms with E-state index in [4.69, 9.17) is 0 Å². The van der Waals surface area contributed by atoms with E-state index in [1.54, 1.807) is 23.5 Å². The number of thiophene rings is 1. The average molecular weight is 263 g/mol. The molecule has 0 amide bonds. The number of rotatable bonds is 3. The lowest BCUT2D eigenvalue weighted by Crippen LogP contribution is -2.08. The van der Waals surface area contributed by atoms with E-state index in [2.05, 4.69) is 32.2 Å². The maximum absolute atomic E-state index is 13.2. The van der Waals surface area contributed by atoms with Crippen LogP contribution in [0.25, 0.3) is 0 Å². The van der Waals surface area contributed by atoms with E-state index in [9.17, 15) is 4.39 Å². The SMILES string of the molecule is Cc1cc(C(C)Nc2cc(F)ccc2C)c(C)s1. The van der Waals surface area contributed by atoms with Gasteiger partial charge in [0, 0.05) is 21.5 Å². The van der Waals surface area contributed by atoms with Crippen molar-refractivity contribution in [3.8, 4) is 0 Å².